The van der Waals surface area contributed by atoms with Crippen molar-refractivity contribution in [1.82, 2.24) is 10.3 Å². The first kappa shape index (κ1) is 23.4. The molecule has 1 aliphatic heterocycles. The molecular weight excluding hydrogens is 415 g/mol. The summed E-state index contributed by atoms with van der Waals surface area (Å²) < 4.78 is 30.7. The molecule has 0 radical (unpaired) electrons. The predicted molar refractivity (Wildman–Crippen MR) is 122 cm³/mol. The molecule has 1 saturated heterocycles. The highest BCUT2D eigenvalue weighted by Crippen LogP contribution is 2.31. The van der Waals surface area contributed by atoms with Crippen molar-refractivity contribution in [2.75, 3.05) is 37.5 Å². The van der Waals surface area contributed by atoms with E-state index in [9.17, 15) is 9.18 Å². The van der Waals surface area contributed by atoms with Crippen molar-refractivity contribution >= 4 is 23.4 Å². The largest absolute Gasteiger partial charge is 0.497 e. The highest BCUT2D eigenvalue weighted by Gasteiger charge is 2.29. The Morgan fingerprint density at radius 2 is 1.81 bits per heavy atom. The van der Waals surface area contributed by atoms with Crippen LogP contribution in [0.3, 0.4) is 0 Å². The van der Waals surface area contributed by atoms with Gasteiger partial charge in [-0.3, -0.25) is 0 Å². The highest BCUT2D eigenvalue weighted by atomic mass is 19.1. The Morgan fingerprint density at radius 3 is 2.41 bits per heavy atom. The van der Waals surface area contributed by atoms with Crippen LogP contribution in [-0.4, -0.2) is 50.0 Å². The minimum absolute atomic E-state index is 0.147. The van der Waals surface area contributed by atoms with Crippen LogP contribution in [-0.2, 0) is 4.74 Å². The van der Waals surface area contributed by atoms with E-state index in [0.717, 1.165) is 0 Å². The van der Waals surface area contributed by atoms with Gasteiger partial charge in [0.05, 0.1) is 20.3 Å². The molecule has 9 heteroatoms. The third-order valence-corrected chi connectivity index (χ3v) is 4.97. The summed E-state index contributed by atoms with van der Waals surface area (Å²) in [5.74, 6) is 1.61. The SMILES string of the molecule is COc1cc(Nc2nc(N3CC[C@@H](NC(=O)OC(C)(C)C)C3)c(F)cc2C)cc(OC)c1. The summed E-state index contributed by atoms with van der Waals surface area (Å²) in [6, 6.07) is 6.69. The number of nitrogens with one attached hydrogen (secondary N) is 2. The number of alkyl carbamates (subject to hydrolysis) is 1. The molecule has 1 fully saturated rings. The van der Waals surface area contributed by atoms with E-state index in [4.69, 9.17) is 14.2 Å². The standard InChI is InChI=1S/C23H31FN4O4/c1-14-9-19(24)21(28-8-7-15(13-28)26-22(29)32-23(2,3)4)27-20(14)25-16-10-17(30-5)12-18(11-16)31-6/h9-12,15H,7-8,13H2,1-6H3,(H,25,27)(H,26,29)/t15-/m1/s1. The van der Waals surface area contributed by atoms with Crippen LogP contribution in [0, 0.1) is 12.7 Å². The van der Waals surface area contributed by atoms with Crippen LogP contribution in [0.4, 0.5) is 26.5 Å². The number of methoxy groups -OCH3 is 2. The Morgan fingerprint density at radius 1 is 1.16 bits per heavy atom. The molecular formula is C23H31FN4O4. The number of anilines is 3. The Labute approximate surface area is 188 Å². The number of carbonyl (C=O) groups is 1. The number of hydrogen-bond donors (Lipinski definition) is 2. The van der Waals surface area contributed by atoms with E-state index >= 15 is 0 Å². The molecule has 1 amide bonds. The summed E-state index contributed by atoms with van der Waals surface area (Å²) in [5.41, 5.74) is 0.798. The first-order chi connectivity index (χ1) is 15.1. The molecule has 1 aliphatic rings. The minimum atomic E-state index is -0.573. The molecule has 0 saturated carbocycles. The van der Waals surface area contributed by atoms with Gasteiger partial charge in [0.25, 0.3) is 0 Å². The van der Waals surface area contributed by atoms with Crippen molar-refractivity contribution in [3.8, 4) is 11.5 Å². The number of pyridine rings is 1. The van der Waals surface area contributed by atoms with Crippen molar-refractivity contribution in [1.29, 1.82) is 0 Å². The smallest absolute Gasteiger partial charge is 0.407 e. The maximum atomic E-state index is 14.8. The van der Waals surface area contributed by atoms with Gasteiger partial charge in [0.1, 0.15) is 22.9 Å². The van der Waals surface area contributed by atoms with E-state index in [2.05, 4.69) is 15.6 Å². The van der Waals surface area contributed by atoms with Crippen molar-refractivity contribution in [3.05, 3.63) is 35.6 Å². The lowest BCUT2D eigenvalue weighted by molar-refractivity contribution is 0.0509. The summed E-state index contributed by atoms with van der Waals surface area (Å²) in [6.07, 6.45) is 0.195. The summed E-state index contributed by atoms with van der Waals surface area (Å²) in [7, 11) is 3.15. The fraction of sp³-hybridized carbons (Fsp3) is 0.478. The van der Waals surface area contributed by atoms with E-state index < -0.39 is 17.5 Å². The average molecular weight is 447 g/mol. The second-order valence-corrected chi connectivity index (χ2v) is 8.76. The van der Waals surface area contributed by atoms with Crippen LogP contribution in [0.25, 0.3) is 0 Å². The molecule has 1 aromatic heterocycles. The van der Waals surface area contributed by atoms with Crippen LogP contribution in [0.1, 0.15) is 32.8 Å². The molecule has 0 aliphatic carbocycles. The second-order valence-electron chi connectivity index (χ2n) is 8.76. The van der Waals surface area contributed by atoms with Crippen molar-refractivity contribution in [2.45, 2.75) is 45.8 Å². The Kier molecular flexibility index (Phi) is 6.96. The number of rotatable bonds is 6. The summed E-state index contributed by atoms with van der Waals surface area (Å²) in [4.78, 5) is 18.4. The lowest BCUT2D eigenvalue weighted by atomic mass is 10.2. The number of amides is 1. The normalized spacial score (nSPS) is 16.0. The summed E-state index contributed by atoms with van der Waals surface area (Å²) in [5, 5.41) is 6.08. The number of benzene rings is 1. The Hall–Kier alpha value is -3.23. The van der Waals surface area contributed by atoms with Gasteiger partial charge < -0.3 is 29.7 Å². The van der Waals surface area contributed by atoms with Gasteiger partial charge in [-0.2, -0.15) is 0 Å². The first-order valence-electron chi connectivity index (χ1n) is 10.5. The van der Waals surface area contributed by atoms with E-state index in [1.807, 2.05) is 37.8 Å². The number of aryl methyl sites for hydroxylation is 1. The number of hydrogen-bond acceptors (Lipinski definition) is 7. The molecule has 3 rings (SSSR count). The molecule has 174 valence electrons. The molecule has 2 aromatic rings. The number of ether oxygens (including phenoxy) is 3. The summed E-state index contributed by atoms with van der Waals surface area (Å²) in [6.45, 7) is 8.23. The Balaban J connectivity index is 1.76. The monoisotopic (exact) mass is 446 g/mol. The van der Waals surface area contributed by atoms with Gasteiger partial charge in [-0.25, -0.2) is 14.2 Å². The molecule has 1 atom stereocenters. The third-order valence-electron chi connectivity index (χ3n) is 4.97. The summed E-state index contributed by atoms with van der Waals surface area (Å²) >= 11 is 0. The zero-order valence-corrected chi connectivity index (χ0v) is 19.4. The first-order valence-corrected chi connectivity index (χ1v) is 10.5. The van der Waals surface area contributed by atoms with E-state index in [1.165, 1.54) is 6.07 Å². The second kappa shape index (κ2) is 9.50. The van der Waals surface area contributed by atoms with Crippen LogP contribution in [0.2, 0.25) is 0 Å². The van der Waals surface area contributed by atoms with Crippen molar-refractivity contribution < 1.29 is 23.4 Å². The van der Waals surface area contributed by atoms with Gasteiger partial charge in [0, 0.05) is 37.0 Å². The quantitative estimate of drug-likeness (QED) is 0.681. The van der Waals surface area contributed by atoms with Crippen molar-refractivity contribution in [3.63, 3.8) is 0 Å². The zero-order chi connectivity index (χ0) is 23.5. The molecule has 0 spiro atoms. The fourth-order valence-electron chi connectivity index (χ4n) is 3.48. The van der Waals surface area contributed by atoms with E-state index in [0.29, 0.717) is 48.1 Å². The molecule has 0 bridgehead atoms. The molecule has 2 N–H and O–H groups in total. The molecule has 2 heterocycles. The van der Waals surface area contributed by atoms with Crippen LogP contribution >= 0.6 is 0 Å². The number of carbonyl (C=O) groups excluding carboxylic acids is 1. The Bertz CT molecular complexity index is 955. The maximum Gasteiger partial charge on any atom is 0.407 e. The van der Waals surface area contributed by atoms with E-state index in [1.54, 1.807) is 27.2 Å². The fourth-order valence-corrected chi connectivity index (χ4v) is 3.48. The average Bonchev–Trinajstić information content (AvgIpc) is 3.16. The lowest BCUT2D eigenvalue weighted by Crippen LogP contribution is -2.40. The van der Waals surface area contributed by atoms with Crippen LogP contribution < -0.4 is 25.0 Å². The molecule has 8 nitrogen and oxygen atoms in total. The van der Waals surface area contributed by atoms with Gasteiger partial charge in [-0.05, 0) is 45.7 Å². The van der Waals surface area contributed by atoms with Gasteiger partial charge in [0.15, 0.2) is 11.6 Å². The number of halogens is 1. The van der Waals surface area contributed by atoms with Gasteiger partial charge >= 0.3 is 6.09 Å². The number of nitrogens with zero attached hydrogens (tertiary/aromatic N) is 2. The lowest BCUT2D eigenvalue weighted by Gasteiger charge is -2.23. The minimum Gasteiger partial charge on any atom is -0.497 e. The van der Waals surface area contributed by atoms with Gasteiger partial charge in [-0.1, -0.05) is 0 Å². The highest BCUT2D eigenvalue weighted by molar-refractivity contribution is 5.69. The predicted octanol–water partition coefficient (Wildman–Crippen LogP) is 4.39. The van der Waals surface area contributed by atoms with E-state index in [-0.39, 0.29) is 11.9 Å². The van der Waals surface area contributed by atoms with Crippen molar-refractivity contribution in [2.24, 2.45) is 0 Å². The zero-order valence-electron chi connectivity index (χ0n) is 19.4. The van der Waals surface area contributed by atoms with Crippen LogP contribution in [0.5, 0.6) is 11.5 Å². The van der Waals surface area contributed by atoms with Gasteiger partial charge in [0.2, 0.25) is 0 Å². The topological polar surface area (TPSA) is 85.0 Å². The van der Waals surface area contributed by atoms with Crippen LogP contribution in [0.15, 0.2) is 24.3 Å². The van der Waals surface area contributed by atoms with Gasteiger partial charge in [-0.15, -0.1) is 0 Å². The molecule has 1 aromatic carbocycles. The molecule has 32 heavy (non-hydrogen) atoms. The third kappa shape index (κ3) is 5.93. The number of aromatic nitrogens is 1. The molecule has 0 unspecified atom stereocenters. The maximum absolute atomic E-state index is 14.8.